The molecule has 0 unspecified atom stereocenters. The van der Waals surface area contributed by atoms with E-state index in [0.29, 0.717) is 0 Å². The summed E-state index contributed by atoms with van der Waals surface area (Å²) in [7, 11) is 0. The quantitative estimate of drug-likeness (QED) is 0.688. The predicted molar refractivity (Wildman–Crippen MR) is 61.8 cm³/mol. The SMILES string of the molecule is Cc1ccc(-c2nc(C)c(C)s2)cc1. The Balaban J connectivity index is 2.44. The average Bonchev–Trinajstić information content (AvgIpc) is 2.48. The lowest BCUT2D eigenvalue weighted by Crippen LogP contribution is -1.77. The van der Waals surface area contributed by atoms with Crippen LogP contribution < -0.4 is 0 Å². The molecule has 0 aliphatic carbocycles. The zero-order valence-electron chi connectivity index (χ0n) is 8.66. The van der Waals surface area contributed by atoms with Gasteiger partial charge in [0.25, 0.3) is 0 Å². The Morgan fingerprint density at radius 2 is 1.64 bits per heavy atom. The molecule has 0 aliphatic rings. The summed E-state index contributed by atoms with van der Waals surface area (Å²) in [6.45, 7) is 6.27. The van der Waals surface area contributed by atoms with Gasteiger partial charge < -0.3 is 0 Å². The largest absolute Gasteiger partial charge is 0.241 e. The van der Waals surface area contributed by atoms with Crippen LogP contribution in [0.2, 0.25) is 0 Å². The summed E-state index contributed by atoms with van der Waals surface area (Å²) in [5, 5.41) is 1.13. The van der Waals surface area contributed by atoms with Crippen LogP contribution in [0.5, 0.6) is 0 Å². The first-order valence-corrected chi connectivity index (χ1v) is 5.49. The number of benzene rings is 1. The molecule has 0 fully saturated rings. The minimum Gasteiger partial charge on any atom is -0.241 e. The van der Waals surface area contributed by atoms with Crippen molar-refractivity contribution in [1.29, 1.82) is 0 Å². The van der Waals surface area contributed by atoms with Crippen molar-refractivity contribution in [3.05, 3.63) is 40.4 Å². The molecule has 1 aromatic heterocycles. The van der Waals surface area contributed by atoms with Crippen LogP contribution >= 0.6 is 11.3 Å². The molecule has 2 aromatic rings. The zero-order valence-corrected chi connectivity index (χ0v) is 9.48. The Morgan fingerprint density at radius 3 is 2.14 bits per heavy atom. The Bertz CT molecular complexity index is 420. The molecular weight excluding hydrogens is 190 g/mol. The lowest BCUT2D eigenvalue weighted by Gasteiger charge is -1.96. The number of hydrogen-bond acceptors (Lipinski definition) is 2. The Hall–Kier alpha value is -1.15. The van der Waals surface area contributed by atoms with Gasteiger partial charge in [-0.2, -0.15) is 0 Å². The van der Waals surface area contributed by atoms with Crippen LogP contribution in [-0.2, 0) is 0 Å². The third-order valence-corrected chi connectivity index (χ3v) is 3.45. The molecule has 1 aromatic carbocycles. The van der Waals surface area contributed by atoms with Gasteiger partial charge in [0, 0.05) is 10.4 Å². The predicted octanol–water partition coefficient (Wildman–Crippen LogP) is 3.74. The first kappa shape index (κ1) is 9.41. The number of rotatable bonds is 1. The van der Waals surface area contributed by atoms with Crippen molar-refractivity contribution < 1.29 is 0 Å². The van der Waals surface area contributed by atoms with Gasteiger partial charge in [-0.05, 0) is 20.8 Å². The summed E-state index contributed by atoms with van der Waals surface area (Å²) in [5.41, 5.74) is 3.65. The fourth-order valence-electron chi connectivity index (χ4n) is 1.29. The molecular formula is C12H13NS. The summed E-state index contributed by atoms with van der Waals surface area (Å²) in [6, 6.07) is 8.52. The Labute approximate surface area is 88.4 Å². The molecule has 1 heterocycles. The van der Waals surface area contributed by atoms with Crippen LogP contribution in [0.3, 0.4) is 0 Å². The lowest BCUT2D eigenvalue weighted by atomic mass is 10.2. The molecule has 0 spiro atoms. The minimum absolute atomic E-state index is 1.13. The highest BCUT2D eigenvalue weighted by atomic mass is 32.1. The Kier molecular flexibility index (Phi) is 2.38. The molecule has 72 valence electrons. The molecule has 0 aliphatic heterocycles. The zero-order chi connectivity index (χ0) is 10.1. The van der Waals surface area contributed by atoms with Crippen molar-refractivity contribution in [3.8, 4) is 10.6 Å². The molecule has 0 N–H and O–H groups in total. The molecule has 0 saturated heterocycles. The second-order valence-electron chi connectivity index (χ2n) is 3.53. The standard InChI is InChI=1S/C12H13NS/c1-8-4-6-11(7-5-8)12-13-9(2)10(3)14-12/h4-7H,1-3H3. The molecule has 2 rings (SSSR count). The molecule has 2 heteroatoms. The van der Waals surface area contributed by atoms with Gasteiger partial charge in [0.05, 0.1) is 5.69 Å². The molecule has 0 amide bonds. The van der Waals surface area contributed by atoms with Crippen molar-refractivity contribution in [1.82, 2.24) is 4.98 Å². The van der Waals surface area contributed by atoms with E-state index >= 15 is 0 Å². The number of nitrogens with zero attached hydrogens (tertiary/aromatic N) is 1. The summed E-state index contributed by atoms with van der Waals surface area (Å²) in [5.74, 6) is 0. The fourth-order valence-corrected chi connectivity index (χ4v) is 2.21. The maximum atomic E-state index is 4.53. The van der Waals surface area contributed by atoms with Crippen molar-refractivity contribution in [2.24, 2.45) is 0 Å². The van der Waals surface area contributed by atoms with E-state index in [1.165, 1.54) is 16.0 Å². The maximum absolute atomic E-state index is 4.53. The van der Waals surface area contributed by atoms with Gasteiger partial charge in [0.1, 0.15) is 5.01 Å². The van der Waals surface area contributed by atoms with Crippen molar-refractivity contribution >= 4 is 11.3 Å². The lowest BCUT2D eigenvalue weighted by molar-refractivity contribution is 1.23. The molecule has 0 atom stereocenters. The normalized spacial score (nSPS) is 10.5. The highest BCUT2D eigenvalue weighted by molar-refractivity contribution is 7.15. The highest BCUT2D eigenvalue weighted by Crippen LogP contribution is 2.27. The van der Waals surface area contributed by atoms with Crippen molar-refractivity contribution in [3.63, 3.8) is 0 Å². The van der Waals surface area contributed by atoms with Crippen molar-refractivity contribution in [2.75, 3.05) is 0 Å². The summed E-state index contributed by atoms with van der Waals surface area (Å²) in [4.78, 5) is 5.83. The monoisotopic (exact) mass is 203 g/mol. The third kappa shape index (κ3) is 1.70. The number of aromatic nitrogens is 1. The summed E-state index contributed by atoms with van der Waals surface area (Å²) >= 11 is 1.76. The van der Waals surface area contributed by atoms with Gasteiger partial charge in [-0.15, -0.1) is 11.3 Å². The number of hydrogen-bond donors (Lipinski definition) is 0. The molecule has 1 nitrogen and oxygen atoms in total. The average molecular weight is 203 g/mol. The molecule has 14 heavy (non-hydrogen) atoms. The van der Waals surface area contributed by atoms with E-state index in [1.54, 1.807) is 11.3 Å². The van der Waals surface area contributed by atoms with Crippen LogP contribution in [0, 0.1) is 20.8 Å². The third-order valence-electron chi connectivity index (χ3n) is 2.33. The van der Waals surface area contributed by atoms with E-state index in [1.807, 2.05) is 0 Å². The summed E-state index contributed by atoms with van der Waals surface area (Å²) < 4.78 is 0. The van der Waals surface area contributed by atoms with E-state index in [4.69, 9.17) is 0 Å². The smallest absolute Gasteiger partial charge is 0.123 e. The fraction of sp³-hybridized carbons (Fsp3) is 0.250. The second kappa shape index (κ2) is 3.54. The highest BCUT2D eigenvalue weighted by Gasteiger charge is 2.04. The maximum Gasteiger partial charge on any atom is 0.123 e. The Morgan fingerprint density at radius 1 is 1.00 bits per heavy atom. The molecule has 0 radical (unpaired) electrons. The van der Waals surface area contributed by atoms with Crippen molar-refractivity contribution in [2.45, 2.75) is 20.8 Å². The van der Waals surface area contributed by atoms with Gasteiger partial charge in [0.15, 0.2) is 0 Å². The molecule has 0 saturated carbocycles. The molecule has 0 bridgehead atoms. The van der Waals surface area contributed by atoms with Crippen LogP contribution in [-0.4, -0.2) is 4.98 Å². The van der Waals surface area contributed by atoms with Gasteiger partial charge in [-0.25, -0.2) is 4.98 Å². The first-order chi connectivity index (χ1) is 6.66. The van der Waals surface area contributed by atoms with Crippen LogP contribution in [0.4, 0.5) is 0 Å². The van der Waals surface area contributed by atoms with Gasteiger partial charge >= 0.3 is 0 Å². The first-order valence-electron chi connectivity index (χ1n) is 4.68. The van der Waals surface area contributed by atoms with Crippen LogP contribution in [0.15, 0.2) is 24.3 Å². The summed E-state index contributed by atoms with van der Waals surface area (Å²) in [6.07, 6.45) is 0. The van der Waals surface area contributed by atoms with E-state index < -0.39 is 0 Å². The van der Waals surface area contributed by atoms with E-state index in [9.17, 15) is 0 Å². The van der Waals surface area contributed by atoms with E-state index in [-0.39, 0.29) is 0 Å². The van der Waals surface area contributed by atoms with E-state index in [0.717, 1.165) is 10.7 Å². The topological polar surface area (TPSA) is 12.9 Å². The van der Waals surface area contributed by atoms with Crippen LogP contribution in [0.25, 0.3) is 10.6 Å². The van der Waals surface area contributed by atoms with Gasteiger partial charge in [-0.3, -0.25) is 0 Å². The minimum atomic E-state index is 1.13. The number of aryl methyl sites for hydroxylation is 3. The van der Waals surface area contributed by atoms with E-state index in [2.05, 4.69) is 50.0 Å². The van der Waals surface area contributed by atoms with Crippen LogP contribution in [0.1, 0.15) is 16.1 Å². The van der Waals surface area contributed by atoms with Gasteiger partial charge in [0.2, 0.25) is 0 Å². The second-order valence-corrected chi connectivity index (χ2v) is 4.73. The number of thiazole rings is 1. The van der Waals surface area contributed by atoms with Gasteiger partial charge in [-0.1, -0.05) is 29.8 Å².